The van der Waals surface area contributed by atoms with E-state index in [1.807, 2.05) is 0 Å². The second kappa shape index (κ2) is 6.39. The summed E-state index contributed by atoms with van der Waals surface area (Å²) in [6, 6.07) is 0.590. The topological polar surface area (TPSA) is 20.3 Å². The van der Waals surface area contributed by atoms with E-state index in [9.17, 15) is 4.79 Å². The molecule has 2 heterocycles. The van der Waals surface area contributed by atoms with E-state index in [-0.39, 0.29) is 0 Å². The number of carbonyl (C=O) groups is 1. The molecule has 0 N–H and O–H groups in total. The fraction of sp³-hybridized carbons (Fsp3) is 0.941. The molecule has 3 atom stereocenters. The van der Waals surface area contributed by atoms with E-state index in [1.54, 1.807) is 0 Å². The highest BCUT2D eigenvalue weighted by Gasteiger charge is 2.36. The molecule has 0 radical (unpaired) electrons. The molecule has 0 aromatic rings. The van der Waals surface area contributed by atoms with Gasteiger partial charge >= 0.3 is 0 Å². The minimum absolute atomic E-state index is 0.392. The Morgan fingerprint density at radius 3 is 2.68 bits per heavy atom. The van der Waals surface area contributed by atoms with Gasteiger partial charge in [0.05, 0.1) is 0 Å². The molecule has 3 fully saturated rings. The van der Waals surface area contributed by atoms with Crippen LogP contribution in [0.1, 0.15) is 70.6 Å². The lowest BCUT2D eigenvalue weighted by molar-refractivity contribution is -0.130. The summed E-state index contributed by atoms with van der Waals surface area (Å²) in [5.41, 5.74) is 0. The third-order valence-corrected chi connectivity index (χ3v) is 5.74. The minimum atomic E-state index is 0.392. The first-order valence-corrected chi connectivity index (χ1v) is 8.59. The zero-order chi connectivity index (χ0) is 13.1. The van der Waals surface area contributed by atoms with Crippen molar-refractivity contribution in [2.45, 2.75) is 76.7 Å². The fourth-order valence-electron chi connectivity index (χ4n) is 4.53. The maximum Gasteiger partial charge on any atom is 0.138 e. The Hall–Kier alpha value is -0.370. The van der Waals surface area contributed by atoms with Crippen LogP contribution in [0.5, 0.6) is 0 Å². The smallest absolute Gasteiger partial charge is 0.138 e. The molecule has 0 aromatic heterocycles. The third-order valence-electron chi connectivity index (χ3n) is 5.74. The molecule has 3 rings (SSSR count). The van der Waals surface area contributed by atoms with Gasteiger partial charge in [-0.15, -0.1) is 0 Å². The minimum Gasteiger partial charge on any atom is -0.299 e. The summed E-state index contributed by atoms with van der Waals surface area (Å²) in [6.45, 7) is 2.32. The Bertz CT molecular complexity index is 308. The van der Waals surface area contributed by atoms with E-state index in [4.69, 9.17) is 0 Å². The quantitative estimate of drug-likeness (QED) is 0.769. The van der Waals surface area contributed by atoms with Crippen LogP contribution in [0.2, 0.25) is 0 Å². The van der Waals surface area contributed by atoms with Crippen molar-refractivity contribution < 1.29 is 4.79 Å². The lowest BCUT2D eigenvalue weighted by Gasteiger charge is -2.42. The number of nitrogens with zero attached hydrogens (tertiary/aromatic N) is 1. The zero-order valence-corrected chi connectivity index (χ0v) is 12.3. The van der Waals surface area contributed by atoms with E-state index in [2.05, 4.69) is 4.90 Å². The third kappa shape index (κ3) is 3.39. The molecule has 2 bridgehead atoms. The average Bonchev–Trinajstić information content (AvgIpc) is 2.46. The van der Waals surface area contributed by atoms with E-state index < -0.39 is 0 Å². The predicted molar refractivity (Wildman–Crippen MR) is 78.1 cm³/mol. The summed E-state index contributed by atoms with van der Waals surface area (Å²) >= 11 is 0. The van der Waals surface area contributed by atoms with Gasteiger partial charge in [0, 0.05) is 24.9 Å². The highest BCUT2D eigenvalue weighted by atomic mass is 16.1. The molecule has 1 saturated carbocycles. The van der Waals surface area contributed by atoms with E-state index in [0.717, 1.165) is 25.3 Å². The van der Waals surface area contributed by atoms with E-state index >= 15 is 0 Å². The first-order chi connectivity index (χ1) is 9.33. The van der Waals surface area contributed by atoms with Gasteiger partial charge in [0.25, 0.3) is 0 Å². The zero-order valence-electron chi connectivity index (χ0n) is 12.3. The summed E-state index contributed by atoms with van der Waals surface area (Å²) in [6.07, 6.45) is 14.6. The number of hydrogen-bond acceptors (Lipinski definition) is 2. The molecule has 3 unspecified atom stereocenters. The molecule has 1 aliphatic carbocycles. The summed E-state index contributed by atoms with van der Waals surface area (Å²) < 4.78 is 0. The SMILES string of the molecule is O=C1CC(CCCC2CCCCC2)N2CCCC1C2. The second-order valence-electron chi connectivity index (χ2n) is 7.09. The van der Waals surface area contributed by atoms with Crippen molar-refractivity contribution in [3.8, 4) is 0 Å². The Kier molecular flexibility index (Phi) is 4.57. The molecule has 0 aromatic carbocycles. The van der Waals surface area contributed by atoms with Gasteiger partial charge in [-0.2, -0.15) is 0 Å². The van der Waals surface area contributed by atoms with Gasteiger partial charge in [-0.05, 0) is 31.7 Å². The molecule has 2 nitrogen and oxygen atoms in total. The molecule has 0 amide bonds. The van der Waals surface area contributed by atoms with Crippen molar-refractivity contribution in [3.05, 3.63) is 0 Å². The lowest BCUT2D eigenvalue weighted by atomic mass is 9.81. The maximum atomic E-state index is 12.1. The van der Waals surface area contributed by atoms with Crippen molar-refractivity contribution in [1.29, 1.82) is 0 Å². The largest absolute Gasteiger partial charge is 0.299 e. The second-order valence-corrected chi connectivity index (χ2v) is 7.09. The summed E-state index contributed by atoms with van der Waals surface area (Å²) in [4.78, 5) is 14.7. The van der Waals surface area contributed by atoms with Crippen LogP contribution < -0.4 is 0 Å². The van der Waals surface area contributed by atoms with Crippen molar-refractivity contribution in [2.24, 2.45) is 11.8 Å². The molecule has 3 aliphatic rings. The molecule has 2 saturated heterocycles. The van der Waals surface area contributed by atoms with Gasteiger partial charge in [-0.25, -0.2) is 0 Å². The Morgan fingerprint density at radius 2 is 1.84 bits per heavy atom. The first kappa shape index (κ1) is 13.6. The Balaban J connectivity index is 1.42. The van der Waals surface area contributed by atoms with Gasteiger partial charge in [0.2, 0.25) is 0 Å². The van der Waals surface area contributed by atoms with Crippen LogP contribution in [0.25, 0.3) is 0 Å². The first-order valence-electron chi connectivity index (χ1n) is 8.59. The number of carbonyl (C=O) groups excluding carboxylic acids is 1. The monoisotopic (exact) mass is 263 g/mol. The normalized spacial score (nSPS) is 36.4. The fourth-order valence-corrected chi connectivity index (χ4v) is 4.53. The van der Waals surface area contributed by atoms with Crippen LogP contribution in [0.15, 0.2) is 0 Å². The van der Waals surface area contributed by atoms with Crippen LogP contribution in [0.3, 0.4) is 0 Å². The number of rotatable bonds is 4. The standard InChI is InChI=1S/C17H29NO/c19-17-12-16(18-11-5-9-15(17)13-18)10-4-8-14-6-2-1-3-7-14/h14-16H,1-13H2. The average molecular weight is 263 g/mol. The van der Waals surface area contributed by atoms with Crippen LogP contribution in [-0.4, -0.2) is 29.8 Å². The molecular formula is C17H29NO. The van der Waals surface area contributed by atoms with Crippen molar-refractivity contribution in [3.63, 3.8) is 0 Å². The highest BCUT2D eigenvalue weighted by molar-refractivity contribution is 5.82. The molecule has 108 valence electrons. The van der Waals surface area contributed by atoms with Crippen molar-refractivity contribution >= 4 is 5.78 Å². The number of piperidine rings is 2. The molecule has 19 heavy (non-hydrogen) atoms. The Labute approximate surface area is 117 Å². The molecular weight excluding hydrogens is 234 g/mol. The molecule has 2 heteroatoms. The van der Waals surface area contributed by atoms with Crippen LogP contribution in [0.4, 0.5) is 0 Å². The predicted octanol–water partition coefficient (Wildman–Crippen LogP) is 3.79. The summed E-state index contributed by atoms with van der Waals surface area (Å²) in [7, 11) is 0. The molecule has 2 aliphatic heterocycles. The lowest BCUT2D eigenvalue weighted by Crippen LogP contribution is -2.51. The Morgan fingerprint density at radius 1 is 1.00 bits per heavy atom. The van der Waals surface area contributed by atoms with Gasteiger partial charge in [0.15, 0.2) is 0 Å². The highest BCUT2D eigenvalue weighted by Crippen LogP contribution is 2.32. The van der Waals surface area contributed by atoms with Gasteiger partial charge in [-0.3, -0.25) is 9.69 Å². The van der Waals surface area contributed by atoms with Gasteiger partial charge < -0.3 is 0 Å². The van der Waals surface area contributed by atoms with Crippen LogP contribution in [-0.2, 0) is 4.79 Å². The summed E-state index contributed by atoms with van der Waals surface area (Å²) in [5.74, 6) is 1.96. The number of fused-ring (bicyclic) bond motifs is 2. The maximum absolute atomic E-state index is 12.1. The van der Waals surface area contributed by atoms with Gasteiger partial charge in [0.1, 0.15) is 5.78 Å². The summed E-state index contributed by atoms with van der Waals surface area (Å²) in [5, 5.41) is 0. The number of hydrogen-bond donors (Lipinski definition) is 0. The van der Waals surface area contributed by atoms with Crippen molar-refractivity contribution in [2.75, 3.05) is 13.1 Å². The molecule has 0 spiro atoms. The number of ketones is 1. The van der Waals surface area contributed by atoms with Gasteiger partial charge in [-0.1, -0.05) is 44.9 Å². The van der Waals surface area contributed by atoms with E-state index in [0.29, 0.717) is 17.7 Å². The van der Waals surface area contributed by atoms with Crippen molar-refractivity contribution in [1.82, 2.24) is 4.90 Å². The van der Waals surface area contributed by atoms with Crippen LogP contribution in [0, 0.1) is 11.8 Å². The van der Waals surface area contributed by atoms with E-state index in [1.165, 1.54) is 64.3 Å². The van der Waals surface area contributed by atoms with Crippen LogP contribution >= 0.6 is 0 Å². The number of Topliss-reactive ketones (excluding diaryl/α,β-unsaturated/α-hetero) is 1.